The van der Waals surface area contributed by atoms with Crippen molar-refractivity contribution in [2.75, 3.05) is 13.2 Å². The summed E-state index contributed by atoms with van der Waals surface area (Å²) in [5, 5.41) is 20.4. The number of hydrogen-bond acceptors (Lipinski definition) is 18. The Labute approximate surface area is 271 Å². The Kier molecular flexibility index (Phi) is 11.9. The summed E-state index contributed by atoms with van der Waals surface area (Å²) < 4.78 is 81.8. The predicted molar refractivity (Wildman–Crippen MR) is 154 cm³/mol. The second kappa shape index (κ2) is 14.8. The van der Waals surface area contributed by atoms with Crippen molar-refractivity contribution in [3.63, 3.8) is 0 Å². The van der Waals surface area contributed by atoms with E-state index in [0.717, 1.165) is 16.8 Å². The van der Waals surface area contributed by atoms with Crippen LogP contribution in [0.1, 0.15) is 24.4 Å². The molecule has 4 rings (SSSR count). The number of aryl methyl sites for hydroxylation is 1. The van der Waals surface area contributed by atoms with Gasteiger partial charge in [0.1, 0.15) is 24.5 Å². The molecule has 0 bridgehead atoms. The summed E-state index contributed by atoms with van der Waals surface area (Å²) >= 11 is 0. The Morgan fingerprint density at radius 3 is 1.92 bits per heavy atom. The summed E-state index contributed by atoms with van der Waals surface area (Å²) in [7, 11) is -23.8. The predicted octanol–water partition coefficient (Wildman–Crippen LogP) is -2.89. The van der Waals surface area contributed by atoms with Crippen molar-refractivity contribution in [1.82, 2.24) is 19.1 Å². The van der Waals surface area contributed by atoms with Gasteiger partial charge in [0.05, 0.1) is 19.3 Å². The molecule has 49 heavy (non-hydrogen) atoms. The van der Waals surface area contributed by atoms with Gasteiger partial charge in [0.15, 0.2) is 6.23 Å². The highest BCUT2D eigenvalue weighted by Gasteiger charge is 2.49. The average Bonchev–Trinajstić information content (AvgIpc) is 3.45. The number of rotatable bonds is 14. The molecule has 2 aromatic rings. The minimum Gasteiger partial charge on any atom is -0.387 e. The van der Waals surface area contributed by atoms with Crippen LogP contribution in [0.25, 0.3) is 0 Å². The number of phosphoric ester groups is 2. The fraction of sp³-hybridized carbons (Fsp3) is 0.579. The number of nitrogens with zero attached hydrogens (tertiary/aromatic N) is 2. The molecule has 0 spiro atoms. The molecule has 2 fully saturated rings. The Hall–Kier alpha value is -2.28. The highest BCUT2D eigenvalue weighted by molar-refractivity contribution is 7.69. The van der Waals surface area contributed by atoms with Gasteiger partial charge in [-0.1, -0.05) is 0 Å². The Balaban J connectivity index is 1.30. The largest absolute Gasteiger partial charge is 0.490 e. The van der Waals surface area contributed by atoms with E-state index in [9.17, 15) is 67.2 Å². The number of nitrogens with one attached hydrogen (secondary N) is 2. The normalized spacial score (nSPS) is 30.7. The van der Waals surface area contributed by atoms with Gasteiger partial charge in [0.25, 0.3) is 11.1 Å². The molecule has 2 aliphatic rings. The fourth-order valence-electron chi connectivity index (χ4n) is 4.41. The fourth-order valence-corrected chi connectivity index (χ4v) is 9.37. The zero-order chi connectivity index (χ0) is 36.7. The topological polar surface area (TPSA) is 390 Å². The molecule has 4 unspecified atom stereocenters. The Morgan fingerprint density at radius 1 is 0.816 bits per heavy atom. The lowest BCUT2D eigenvalue weighted by atomic mass is 10.1. The third kappa shape index (κ3) is 10.2. The first kappa shape index (κ1) is 39.5. The van der Waals surface area contributed by atoms with Gasteiger partial charge in [-0.25, -0.2) is 27.8 Å². The molecule has 2 saturated heterocycles. The van der Waals surface area contributed by atoms with Crippen molar-refractivity contribution in [1.29, 1.82) is 0 Å². The van der Waals surface area contributed by atoms with Gasteiger partial charge in [0.2, 0.25) is 0 Å². The van der Waals surface area contributed by atoms with Crippen molar-refractivity contribution in [2.24, 2.45) is 5.73 Å². The maximum absolute atomic E-state index is 12.3. The van der Waals surface area contributed by atoms with Crippen molar-refractivity contribution in [2.45, 2.75) is 56.3 Å². The lowest BCUT2D eigenvalue weighted by molar-refractivity contribution is -0.0542. The number of ether oxygens (including phenoxy) is 2. The summed E-state index contributed by atoms with van der Waals surface area (Å²) in [5.74, 6) is 0. The van der Waals surface area contributed by atoms with Crippen LogP contribution in [0.15, 0.2) is 37.6 Å². The maximum Gasteiger partial charge on any atom is 0.490 e. The van der Waals surface area contributed by atoms with Crippen molar-refractivity contribution in [3.8, 4) is 0 Å². The van der Waals surface area contributed by atoms with Gasteiger partial charge in [-0.2, -0.15) is 12.9 Å². The van der Waals surface area contributed by atoms with Gasteiger partial charge < -0.3 is 45.0 Å². The van der Waals surface area contributed by atoms with Crippen LogP contribution in [-0.4, -0.2) is 92.6 Å². The van der Waals surface area contributed by atoms with Crippen LogP contribution in [0.3, 0.4) is 0 Å². The van der Waals surface area contributed by atoms with Crippen LogP contribution in [0.4, 0.5) is 0 Å². The first-order chi connectivity index (χ1) is 22.5. The zero-order valence-corrected chi connectivity index (χ0v) is 28.0. The smallest absolute Gasteiger partial charge is 0.387 e. The van der Waals surface area contributed by atoms with E-state index in [1.165, 1.54) is 13.1 Å². The highest BCUT2D eigenvalue weighted by atomic mass is 31.3. The van der Waals surface area contributed by atoms with Crippen LogP contribution in [0.5, 0.6) is 0 Å². The van der Waals surface area contributed by atoms with E-state index in [-0.39, 0.29) is 12.0 Å². The summed E-state index contributed by atoms with van der Waals surface area (Å²) in [5.41, 5.74) is 2.69. The molecular formula is C19H29N5O21P4. The number of aliphatic hydroxyl groups excluding tert-OH is 2. The van der Waals surface area contributed by atoms with E-state index in [0.29, 0.717) is 4.57 Å². The molecule has 26 nitrogen and oxygen atoms in total. The summed E-state index contributed by atoms with van der Waals surface area (Å²) in [4.78, 5) is 90.0. The first-order valence-corrected chi connectivity index (χ1v) is 19.3. The summed E-state index contributed by atoms with van der Waals surface area (Å²) in [6, 6.07) is -0.0760. The highest BCUT2D eigenvalue weighted by Crippen LogP contribution is 2.71. The Bertz CT molecular complexity index is 1980. The summed E-state index contributed by atoms with van der Waals surface area (Å²) in [6.07, 6.45) is -7.40. The molecule has 10 N–H and O–H groups in total. The van der Waals surface area contributed by atoms with E-state index in [1.54, 1.807) is 0 Å². The number of phosphoric acid groups is 4. The number of aromatic amines is 2. The molecule has 0 radical (unpaired) electrons. The van der Waals surface area contributed by atoms with E-state index in [4.69, 9.17) is 15.2 Å². The van der Waals surface area contributed by atoms with E-state index < -0.39 is 110 Å². The number of aromatic nitrogens is 4. The van der Waals surface area contributed by atoms with Gasteiger partial charge in [-0.3, -0.25) is 37.7 Å². The van der Waals surface area contributed by atoms with Crippen LogP contribution in [0.2, 0.25) is 0 Å². The third-order valence-corrected chi connectivity index (χ3v) is 12.5. The molecule has 276 valence electrons. The Morgan fingerprint density at radius 2 is 1.35 bits per heavy atom. The molecule has 0 aliphatic carbocycles. The second-order valence-electron chi connectivity index (χ2n) is 10.3. The number of hydrogen-bond donors (Lipinski definition) is 9. The van der Waals surface area contributed by atoms with Crippen molar-refractivity contribution in [3.05, 3.63) is 65.7 Å². The summed E-state index contributed by atoms with van der Waals surface area (Å²) in [6.45, 7) is -0.698. The maximum atomic E-state index is 12.3. The number of nitrogens with two attached hydrogens (primary N) is 1. The van der Waals surface area contributed by atoms with Crippen LogP contribution in [-0.2, 0) is 49.7 Å². The number of aliphatic hydroxyl groups is 2. The molecule has 2 aromatic heterocycles. The molecule has 0 aromatic carbocycles. The monoisotopic (exact) mass is 787 g/mol. The van der Waals surface area contributed by atoms with Crippen molar-refractivity contribution >= 4 is 31.3 Å². The van der Waals surface area contributed by atoms with E-state index in [1.807, 2.05) is 9.97 Å². The lowest BCUT2D eigenvalue weighted by Crippen LogP contribution is -2.37. The number of H-pyrrole nitrogens is 2. The molecule has 2 aliphatic heterocycles. The zero-order valence-electron chi connectivity index (χ0n) is 24.5. The minimum atomic E-state index is -6.18. The first-order valence-electron chi connectivity index (χ1n) is 13.3. The second-order valence-corrected chi connectivity index (χ2v) is 16.5. The molecule has 4 heterocycles. The third-order valence-electron chi connectivity index (χ3n) is 6.62. The van der Waals surface area contributed by atoms with Gasteiger partial charge in [-0.15, -0.1) is 0 Å². The molecule has 0 amide bonds. The van der Waals surface area contributed by atoms with Crippen LogP contribution >= 0.6 is 31.3 Å². The molecule has 0 saturated carbocycles. The lowest BCUT2D eigenvalue weighted by Gasteiger charge is -2.21. The van der Waals surface area contributed by atoms with E-state index in [2.05, 4.69) is 22.0 Å². The van der Waals surface area contributed by atoms with Gasteiger partial charge >= 0.3 is 42.7 Å². The van der Waals surface area contributed by atoms with Gasteiger partial charge in [-0.05, 0) is 6.92 Å². The van der Waals surface area contributed by atoms with Crippen LogP contribution < -0.4 is 28.2 Å². The van der Waals surface area contributed by atoms with E-state index >= 15 is 0 Å². The van der Waals surface area contributed by atoms with Crippen LogP contribution in [0, 0.1) is 6.92 Å². The van der Waals surface area contributed by atoms with Gasteiger partial charge in [0, 0.05) is 36.5 Å². The molecule has 11 atom stereocenters. The SMILES string of the molecule is Cc1cn([C@@H]2C[C@H](N)[C@@H](COP(=O)(O)OP(=O)(O)OP(=O)(O)OP(=O)(O)OC[C@H]3O[C@@H](n4ccc(=O)[nH]c4=O)[C@H](O)[C@@H]3O)O2)c(=O)[nH]c1=O. The molecule has 30 heteroatoms. The molecular weight excluding hydrogens is 758 g/mol. The minimum absolute atomic E-state index is 0.0615. The standard InChI is InChI=1S/C19H29N5O21P4/c1-8-5-24(19(30)22-16(8)28)13-4-9(20)10(41-13)6-39-46(31,32)43-48(35,36)45-49(37,38)44-47(33,34)40-7-11-14(26)15(27)17(42-11)23-3-2-12(25)21-18(23)29/h2-3,5,9-11,13-15,17,26-27H,4,6-7,20H2,1H3,(H,31,32)(H,33,34)(H,35,36)(H,37,38)(H,21,25,29)(H,22,28,30)/t9-,10+,11+,13-,14+,15+,17+/m0/s1. The average molecular weight is 787 g/mol. The van der Waals surface area contributed by atoms with Crippen molar-refractivity contribution < 1.29 is 79.5 Å². The quantitative estimate of drug-likeness (QED) is 0.0868.